The first-order chi connectivity index (χ1) is 12.1. The fourth-order valence-electron chi connectivity index (χ4n) is 2.28. The van der Waals surface area contributed by atoms with Crippen molar-refractivity contribution in [2.24, 2.45) is 4.99 Å². The van der Waals surface area contributed by atoms with E-state index in [2.05, 4.69) is 57.8 Å². The lowest BCUT2D eigenvalue weighted by molar-refractivity contribution is 0.313. The second kappa shape index (κ2) is 11.7. The molecule has 0 aliphatic rings. The van der Waals surface area contributed by atoms with Crippen LogP contribution in [0.25, 0.3) is 0 Å². The molecule has 0 amide bonds. The molecule has 0 saturated carbocycles. The van der Waals surface area contributed by atoms with Crippen molar-refractivity contribution in [3.63, 3.8) is 0 Å². The molecule has 1 heterocycles. The number of halogens is 1. The molecule has 7 nitrogen and oxygen atoms in total. The lowest BCUT2D eigenvalue weighted by Crippen LogP contribution is -2.38. The predicted molar refractivity (Wildman–Crippen MR) is 113 cm³/mol. The van der Waals surface area contributed by atoms with E-state index in [-0.39, 0.29) is 24.0 Å². The number of aromatic nitrogens is 2. The molecule has 0 saturated heterocycles. The van der Waals surface area contributed by atoms with Gasteiger partial charge in [0, 0.05) is 32.1 Å². The third-order valence-electron chi connectivity index (χ3n) is 3.56. The molecule has 8 heteroatoms. The molecular formula is C18H28IN5O2. The molecule has 0 fully saturated rings. The van der Waals surface area contributed by atoms with Gasteiger partial charge in [-0.25, -0.2) is 0 Å². The molecule has 1 aromatic heterocycles. The smallest absolute Gasteiger partial charge is 0.228 e. The molecule has 0 aliphatic heterocycles. The van der Waals surface area contributed by atoms with Crippen molar-refractivity contribution >= 4 is 29.9 Å². The van der Waals surface area contributed by atoms with E-state index in [0.717, 1.165) is 23.7 Å². The lowest BCUT2D eigenvalue weighted by atomic mass is 10.1. The molecule has 1 aromatic carbocycles. The summed E-state index contributed by atoms with van der Waals surface area (Å²) >= 11 is 0. The summed E-state index contributed by atoms with van der Waals surface area (Å²) in [5.74, 6) is 2.91. The average molecular weight is 473 g/mol. The highest BCUT2D eigenvalue weighted by Gasteiger charge is 2.07. The zero-order chi connectivity index (χ0) is 18.1. The molecule has 0 unspecified atom stereocenters. The third kappa shape index (κ3) is 7.19. The minimum atomic E-state index is 0. The Bertz CT molecular complexity index is 703. The minimum absolute atomic E-state index is 0. The second-order valence-corrected chi connectivity index (χ2v) is 5.80. The van der Waals surface area contributed by atoms with Crippen LogP contribution in [0.4, 0.5) is 0 Å². The SMILES string of the molecule is CCCOc1cc(C)ccc1CNC(=NC)NCCc1nc(C)no1.I. The Labute approximate surface area is 172 Å². The number of aliphatic imine (C=N–C) groups is 1. The fraction of sp³-hybridized carbons (Fsp3) is 0.500. The number of hydrogen-bond acceptors (Lipinski definition) is 5. The second-order valence-electron chi connectivity index (χ2n) is 5.80. The highest BCUT2D eigenvalue weighted by atomic mass is 127. The first-order valence-corrected chi connectivity index (χ1v) is 8.58. The summed E-state index contributed by atoms with van der Waals surface area (Å²) in [4.78, 5) is 8.42. The number of aryl methyl sites for hydroxylation is 2. The summed E-state index contributed by atoms with van der Waals surface area (Å²) in [6, 6.07) is 6.24. The van der Waals surface area contributed by atoms with Crippen LogP contribution in [0.2, 0.25) is 0 Å². The highest BCUT2D eigenvalue weighted by molar-refractivity contribution is 14.0. The Balaban J connectivity index is 0.00000338. The van der Waals surface area contributed by atoms with Crippen molar-refractivity contribution in [2.45, 2.75) is 40.2 Å². The van der Waals surface area contributed by atoms with Crippen molar-refractivity contribution in [1.29, 1.82) is 0 Å². The van der Waals surface area contributed by atoms with Crippen LogP contribution in [0, 0.1) is 13.8 Å². The molecule has 0 radical (unpaired) electrons. The van der Waals surface area contributed by atoms with E-state index in [9.17, 15) is 0 Å². The highest BCUT2D eigenvalue weighted by Crippen LogP contribution is 2.20. The van der Waals surface area contributed by atoms with E-state index < -0.39 is 0 Å². The zero-order valence-electron chi connectivity index (χ0n) is 15.8. The summed E-state index contributed by atoms with van der Waals surface area (Å²) in [7, 11) is 1.75. The van der Waals surface area contributed by atoms with E-state index in [1.807, 2.05) is 0 Å². The summed E-state index contributed by atoms with van der Waals surface area (Å²) in [6.07, 6.45) is 1.64. The first kappa shape index (κ1) is 22.2. The average Bonchev–Trinajstić information content (AvgIpc) is 3.02. The van der Waals surface area contributed by atoms with Gasteiger partial charge in [-0.05, 0) is 31.9 Å². The van der Waals surface area contributed by atoms with E-state index >= 15 is 0 Å². The summed E-state index contributed by atoms with van der Waals surface area (Å²) in [6.45, 7) is 7.99. The monoisotopic (exact) mass is 473 g/mol. The zero-order valence-corrected chi connectivity index (χ0v) is 18.2. The number of rotatable bonds is 8. The van der Waals surface area contributed by atoms with Gasteiger partial charge >= 0.3 is 0 Å². The lowest BCUT2D eigenvalue weighted by Gasteiger charge is -2.15. The van der Waals surface area contributed by atoms with Gasteiger partial charge in [0.2, 0.25) is 5.89 Å². The first-order valence-electron chi connectivity index (χ1n) is 8.58. The maximum absolute atomic E-state index is 5.85. The number of nitrogens with zero attached hydrogens (tertiary/aromatic N) is 3. The Morgan fingerprint density at radius 1 is 1.27 bits per heavy atom. The molecular weight excluding hydrogens is 445 g/mol. The topological polar surface area (TPSA) is 84.6 Å². The van der Waals surface area contributed by atoms with Gasteiger partial charge in [0.05, 0.1) is 6.61 Å². The van der Waals surface area contributed by atoms with Crippen LogP contribution in [0.15, 0.2) is 27.7 Å². The predicted octanol–water partition coefficient (Wildman–Crippen LogP) is 3.00. The summed E-state index contributed by atoms with van der Waals surface area (Å²) < 4.78 is 10.9. The maximum atomic E-state index is 5.85. The summed E-state index contributed by atoms with van der Waals surface area (Å²) in [5, 5.41) is 10.3. The Morgan fingerprint density at radius 2 is 2.08 bits per heavy atom. The van der Waals surface area contributed by atoms with Crippen molar-refractivity contribution in [3.05, 3.63) is 41.0 Å². The number of nitrogens with one attached hydrogen (secondary N) is 2. The van der Waals surface area contributed by atoms with Crippen molar-refractivity contribution in [2.75, 3.05) is 20.2 Å². The third-order valence-corrected chi connectivity index (χ3v) is 3.56. The summed E-state index contributed by atoms with van der Waals surface area (Å²) in [5.41, 5.74) is 2.29. The van der Waals surface area contributed by atoms with E-state index in [0.29, 0.717) is 37.8 Å². The van der Waals surface area contributed by atoms with Crippen LogP contribution in [0.5, 0.6) is 5.75 Å². The molecule has 0 bridgehead atoms. The Hall–Kier alpha value is -1.84. The van der Waals surface area contributed by atoms with Gasteiger partial charge in [0.1, 0.15) is 5.75 Å². The van der Waals surface area contributed by atoms with Crippen LogP contribution in [0.3, 0.4) is 0 Å². The van der Waals surface area contributed by atoms with Crippen LogP contribution < -0.4 is 15.4 Å². The van der Waals surface area contributed by atoms with Gasteiger partial charge in [-0.1, -0.05) is 24.2 Å². The van der Waals surface area contributed by atoms with Gasteiger partial charge in [0.15, 0.2) is 11.8 Å². The molecule has 2 aromatic rings. The van der Waals surface area contributed by atoms with Gasteiger partial charge in [0.25, 0.3) is 0 Å². The molecule has 2 N–H and O–H groups in total. The standard InChI is InChI=1S/C18H27N5O2.HI/c1-5-10-24-16-11-13(2)6-7-15(16)12-21-18(19-4)20-9-8-17-22-14(3)23-25-17;/h6-7,11H,5,8-10,12H2,1-4H3,(H2,19,20,21);1H. The number of guanidine groups is 1. The quantitative estimate of drug-likeness (QED) is 0.349. The fourth-order valence-corrected chi connectivity index (χ4v) is 2.28. The van der Waals surface area contributed by atoms with Crippen molar-refractivity contribution in [1.82, 2.24) is 20.8 Å². The van der Waals surface area contributed by atoms with E-state index in [1.54, 1.807) is 14.0 Å². The van der Waals surface area contributed by atoms with Crippen LogP contribution in [-0.4, -0.2) is 36.3 Å². The van der Waals surface area contributed by atoms with Crippen molar-refractivity contribution in [3.8, 4) is 5.75 Å². The molecule has 0 atom stereocenters. The molecule has 26 heavy (non-hydrogen) atoms. The number of hydrogen-bond donors (Lipinski definition) is 2. The largest absolute Gasteiger partial charge is 0.493 e. The molecule has 0 aliphatic carbocycles. The van der Waals surface area contributed by atoms with Gasteiger partial charge in [-0.15, -0.1) is 24.0 Å². The van der Waals surface area contributed by atoms with Crippen LogP contribution >= 0.6 is 24.0 Å². The molecule has 0 spiro atoms. The van der Waals surface area contributed by atoms with Gasteiger partial charge < -0.3 is 19.9 Å². The number of ether oxygens (including phenoxy) is 1. The molecule has 144 valence electrons. The van der Waals surface area contributed by atoms with Gasteiger partial charge in [-0.2, -0.15) is 4.98 Å². The Kier molecular flexibility index (Phi) is 10.0. The van der Waals surface area contributed by atoms with Gasteiger partial charge in [-0.3, -0.25) is 4.99 Å². The minimum Gasteiger partial charge on any atom is -0.493 e. The number of benzene rings is 1. The van der Waals surface area contributed by atoms with E-state index in [4.69, 9.17) is 9.26 Å². The van der Waals surface area contributed by atoms with Crippen molar-refractivity contribution < 1.29 is 9.26 Å². The Morgan fingerprint density at radius 3 is 2.73 bits per heavy atom. The van der Waals surface area contributed by atoms with Crippen LogP contribution in [0.1, 0.15) is 36.2 Å². The maximum Gasteiger partial charge on any atom is 0.228 e. The van der Waals surface area contributed by atoms with E-state index in [1.165, 1.54) is 5.56 Å². The van der Waals surface area contributed by atoms with Crippen LogP contribution in [-0.2, 0) is 13.0 Å². The molecule has 2 rings (SSSR count). The normalized spacial score (nSPS) is 11.0.